The van der Waals surface area contributed by atoms with Gasteiger partial charge in [-0.2, -0.15) is 0 Å². The maximum absolute atomic E-state index is 12.8. The Morgan fingerprint density at radius 1 is 1.12 bits per heavy atom. The highest BCUT2D eigenvalue weighted by atomic mass is 16.6. The molecule has 0 unspecified atom stereocenters. The number of allylic oxidation sites excluding steroid dienone is 3. The molecule has 0 bridgehead atoms. The summed E-state index contributed by atoms with van der Waals surface area (Å²) in [5.41, 5.74) is 3.98. The normalized spacial score (nSPS) is 31.9. The topological polar surface area (TPSA) is 78.9 Å². The molecule has 5 atom stereocenters. The molecule has 0 saturated carbocycles. The van der Waals surface area contributed by atoms with Crippen LogP contribution in [0.5, 0.6) is 0 Å². The van der Waals surface area contributed by atoms with Crippen LogP contribution in [0.15, 0.2) is 46.1 Å². The van der Waals surface area contributed by atoms with Gasteiger partial charge in [-0.3, -0.25) is 4.79 Å². The lowest BCUT2D eigenvalue weighted by Crippen LogP contribution is -2.54. The maximum atomic E-state index is 12.8. The fraction of sp³-hybridized carbons (Fsp3) is 0.593. The van der Waals surface area contributed by atoms with Crippen molar-refractivity contribution in [3.63, 3.8) is 0 Å². The summed E-state index contributed by atoms with van der Waals surface area (Å²) < 4.78 is 17.6. The van der Waals surface area contributed by atoms with Crippen molar-refractivity contribution in [3.05, 3.63) is 46.1 Å². The first kappa shape index (κ1) is 25.0. The van der Waals surface area contributed by atoms with E-state index >= 15 is 0 Å². The second-order valence-corrected chi connectivity index (χ2v) is 10.1. The number of carbonyl (C=O) groups excluding carboxylic acids is 3. The third-order valence-electron chi connectivity index (χ3n) is 7.34. The largest absolute Gasteiger partial charge is 0.461 e. The molecule has 0 amide bonds. The van der Waals surface area contributed by atoms with Gasteiger partial charge in [-0.15, -0.1) is 0 Å². The van der Waals surface area contributed by atoms with Crippen LogP contribution in [0.4, 0.5) is 0 Å². The average molecular weight is 457 g/mol. The number of hydrogen-bond acceptors (Lipinski definition) is 6. The van der Waals surface area contributed by atoms with Crippen LogP contribution >= 0.6 is 0 Å². The Morgan fingerprint density at radius 2 is 1.82 bits per heavy atom. The summed E-state index contributed by atoms with van der Waals surface area (Å²) in [5.74, 6) is -1.13. The van der Waals surface area contributed by atoms with Crippen LogP contribution in [-0.2, 0) is 28.6 Å². The number of fused-ring (bicyclic) bond motifs is 2. The van der Waals surface area contributed by atoms with E-state index in [1.807, 2.05) is 33.8 Å². The minimum atomic E-state index is -0.670. The van der Waals surface area contributed by atoms with Gasteiger partial charge in [0.15, 0.2) is 0 Å². The summed E-state index contributed by atoms with van der Waals surface area (Å²) in [4.78, 5) is 37.2. The number of rotatable bonds is 3. The van der Waals surface area contributed by atoms with Crippen LogP contribution in [0.25, 0.3) is 0 Å². The minimum absolute atomic E-state index is 0.0890. The van der Waals surface area contributed by atoms with E-state index in [1.54, 1.807) is 0 Å². The van der Waals surface area contributed by atoms with E-state index in [1.165, 1.54) is 13.0 Å². The molecule has 0 fully saturated rings. The number of ether oxygens (including phenoxy) is 3. The highest BCUT2D eigenvalue weighted by Gasteiger charge is 2.54. The van der Waals surface area contributed by atoms with Crippen LogP contribution in [0.1, 0.15) is 74.1 Å². The maximum Gasteiger partial charge on any atom is 0.334 e. The van der Waals surface area contributed by atoms with Crippen molar-refractivity contribution >= 4 is 17.9 Å². The minimum Gasteiger partial charge on any atom is -0.461 e. The summed E-state index contributed by atoms with van der Waals surface area (Å²) in [6.07, 6.45) is 6.68. The lowest BCUT2D eigenvalue weighted by Gasteiger charge is -2.50. The van der Waals surface area contributed by atoms with Gasteiger partial charge >= 0.3 is 17.9 Å². The molecule has 0 radical (unpaired) electrons. The molecular formula is C27H36O6. The van der Waals surface area contributed by atoms with Crippen molar-refractivity contribution in [3.8, 4) is 0 Å². The van der Waals surface area contributed by atoms with Gasteiger partial charge in [-0.25, -0.2) is 9.59 Å². The van der Waals surface area contributed by atoms with Gasteiger partial charge in [0.05, 0.1) is 0 Å². The molecule has 1 aliphatic heterocycles. The first-order chi connectivity index (χ1) is 15.4. The van der Waals surface area contributed by atoms with Crippen molar-refractivity contribution in [2.75, 3.05) is 0 Å². The molecule has 0 N–H and O–H groups in total. The molecule has 6 heteroatoms. The summed E-state index contributed by atoms with van der Waals surface area (Å²) in [6.45, 7) is 13.1. The first-order valence-corrected chi connectivity index (χ1v) is 11.7. The van der Waals surface area contributed by atoms with E-state index in [-0.39, 0.29) is 29.9 Å². The Bertz CT molecular complexity index is 961. The predicted molar refractivity (Wildman–Crippen MR) is 125 cm³/mol. The summed E-state index contributed by atoms with van der Waals surface area (Å²) >= 11 is 0. The first-order valence-electron chi connectivity index (χ1n) is 11.7. The van der Waals surface area contributed by atoms with Gasteiger partial charge in [-0.05, 0) is 71.4 Å². The molecule has 0 aromatic heterocycles. The second-order valence-electron chi connectivity index (χ2n) is 10.1. The zero-order chi connectivity index (χ0) is 24.5. The number of esters is 3. The van der Waals surface area contributed by atoms with Crippen LogP contribution in [-0.4, -0.2) is 36.2 Å². The molecule has 33 heavy (non-hydrogen) atoms. The van der Waals surface area contributed by atoms with Gasteiger partial charge in [0.1, 0.15) is 18.3 Å². The summed E-state index contributed by atoms with van der Waals surface area (Å²) in [6, 6.07) is 0. The molecule has 2 aliphatic carbocycles. The Hall–Kier alpha value is -2.63. The van der Waals surface area contributed by atoms with Crippen molar-refractivity contribution < 1.29 is 28.6 Å². The van der Waals surface area contributed by atoms with E-state index in [2.05, 4.69) is 19.9 Å². The molecule has 3 aliphatic rings. The van der Waals surface area contributed by atoms with Gasteiger partial charge < -0.3 is 14.2 Å². The smallest absolute Gasteiger partial charge is 0.334 e. The predicted octanol–water partition coefficient (Wildman–Crippen LogP) is 5.14. The standard InChI is InChI=1S/C27H36O6/c1-15(2)12-25(29)33-24-10-8-16(3)13-22-20(18(5)26(30)32-22)14-21-17(4)9-11-23(27(21,24)7)31-19(6)28/h9,12-13,21-24H,8,10-11,14H2,1-7H3/t21-,22-,23-,24-,27+/m0/s1. The summed E-state index contributed by atoms with van der Waals surface area (Å²) in [7, 11) is 0. The Balaban J connectivity index is 2.15. The molecule has 3 rings (SSSR count). The third-order valence-corrected chi connectivity index (χ3v) is 7.34. The van der Waals surface area contributed by atoms with E-state index in [0.717, 1.165) is 22.3 Å². The molecule has 6 nitrogen and oxygen atoms in total. The fourth-order valence-corrected chi connectivity index (χ4v) is 5.44. The fourth-order valence-electron chi connectivity index (χ4n) is 5.44. The van der Waals surface area contributed by atoms with Gasteiger partial charge in [0.25, 0.3) is 0 Å². The molecular weight excluding hydrogens is 420 g/mol. The third kappa shape index (κ3) is 5.15. The quantitative estimate of drug-likeness (QED) is 0.253. The molecule has 0 saturated heterocycles. The lowest BCUT2D eigenvalue weighted by atomic mass is 9.59. The van der Waals surface area contributed by atoms with Crippen LogP contribution in [0.2, 0.25) is 0 Å². The number of carbonyl (C=O) groups is 3. The monoisotopic (exact) mass is 456 g/mol. The average Bonchev–Trinajstić information content (AvgIpc) is 2.96. The SMILES string of the molecule is CC(=O)O[C@H]1CC=C(C)[C@@H]2CC3=C(C)C(=O)O[C@H]3C=C(C)CC[C@H](OC(=O)C=C(C)C)[C@@]12C. The van der Waals surface area contributed by atoms with Crippen molar-refractivity contribution in [2.45, 2.75) is 92.5 Å². The zero-order valence-corrected chi connectivity index (χ0v) is 20.8. The summed E-state index contributed by atoms with van der Waals surface area (Å²) in [5, 5.41) is 0. The zero-order valence-electron chi connectivity index (χ0n) is 20.8. The van der Waals surface area contributed by atoms with E-state index in [4.69, 9.17) is 14.2 Å². The van der Waals surface area contributed by atoms with Crippen molar-refractivity contribution in [1.29, 1.82) is 0 Å². The molecule has 0 aromatic carbocycles. The van der Waals surface area contributed by atoms with E-state index in [0.29, 0.717) is 31.3 Å². The van der Waals surface area contributed by atoms with Gasteiger partial charge in [0, 0.05) is 30.4 Å². The Morgan fingerprint density at radius 3 is 2.45 bits per heavy atom. The second kappa shape index (κ2) is 9.70. The molecule has 1 heterocycles. The molecule has 0 aromatic rings. The van der Waals surface area contributed by atoms with Gasteiger partial charge in [0.2, 0.25) is 0 Å². The Kier molecular flexibility index (Phi) is 7.35. The van der Waals surface area contributed by atoms with Crippen LogP contribution in [0, 0.1) is 11.3 Å². The number of hydrogen-bond donors (Lipinski definition) is 0. The highest BCUT2D eigenvalue weighted by Crippen LogP contribution is 2.52. The van der Waals surface area contributed by atoms with Crippen LogP contribution in [0.3, 0.4) is 0 Å². The van der Waals surface area contributed by atoms with Crippen molar-refractivity contribution in [2.24, 2.45) is 11.3 Å². The lowest BCUT2D eigenvalue weighted by molar-refractivity contribution is -0.177. The molecule has 180 valence electrons. The van der Waals surface area contributed by atoms with Gasteiger partial charge in [-0.1, -0.05) is 29.7 Å². The highest BCUT2D eigenvalue weighted by molar-refractivity contribution is 5.92. The van der Waals surface area contributed by atoms with Crippen molar-refractivity contribution in [1.82, 2.24) is 0 Å². The molecule has 0 spiro atoms. The van der Waals surface area contributed by atoms with E-state index in [9.17, 15) is 14.4 Å². The van der Waals surface area contributed by atoms with E-state index < -0.39 is 17.6 Å². The Labute approximate surface area is 196 Å². The van der Waals surface area contributed by atoms with Crippen LogP contribution < -0.4 is 0 Å².